The summed E-state index contributed by atoms with van der Waals surface area (Å²) in [6, 6.07) is 9.62. The van der Waals surface area contributed by atoms with Gasteiger partial charge in [-0.3, -0.25) is 14.3 Å². The second-order valence-corrected chi connectivity index (χ2v) is 9.54. The number of hydrogen-bond donors (Lipinski definition) is 1. The van der Waals surface area contributed by atoms with E-state index in [1.165, 1.54) is 12.1 Å². The van der Waals surface area contributed by atoms with Crippen LogP contribution in [0.25, 0.3) is 16.9 Å². The summed E-state index contributed by atoms with van der Waals surface area (Å²) in [7, 11) is 0. The van der Waals surface area contributed by atoms with Crippen LogP contribution >= 0.6 is 11.6 Å². The minimum Gasteiger partial charge on any atom is -0.486 e. The molecule has 0 aliphatic heterocycles. The van der Waals surface area contributed by atoms with Crippen LogP contribution in [0.2, 0.25) is 5.02 Å². The average Bonchev–Trinajstić information content (AvgIpc) is 2.80. The molecule has 0 amide bonds. The zero-order valence-electron chi connectivity index (χ0n) is 20.6. The molecule has 0 bridgehead atoms. The molecule has 0 aliphatic carbocycles. The summed E-state index contributed by atoms with van der Waals surface area (Å²) in [4.78, 5) is 25.7. The van der Waals surface area contributed by atoms with Crippen LogP contribution < -0.4 is 10.3 Å². The van der Waals surface area contributed by atoms with E-state index in [-0.39, 0.29) is 28.7 Å². The summed E-state index contributed by atoms with van der Waals surface area (Å²) < 4.78 is 21.4. The molecule has 4 aromatic rings. The molecule has 0 saturated carbocycles. The zero-order chi connectivity index (χ0) is 26.2. The highest BCUT2D eigenvalue weighted by atomic mass is 35.5. The summed E-state index contributed by atoms with van der Waals surface area (Å²) in [6.45, 7) is 8.54. The molecule has 1 N–H and O–H groups in total. The van der Waals surface area contributed by atoms with Gasteiger partial charge >= 0.3 is 0 Å². The minimum absolute atomic E-state index is 0.0870. The number of hydrogen-bond acceptors (Lipinski definition) is 6. The second-order valence-electron chi connectivity index (χ2n) is 9.13. The van der Waals surface area contributed by atoms with Gasteiger partial charge in [-0.1, -0.05) is 11.6 Å². The Morgan fingerprint density at radius 2 is 1.86 bits per heavy atom. The molecule has 36 heavy (non-hydrogen) atoms. The van der Waals surface area contributed by atoms with Crippen LogP contribution in [0.5, 0.6) is 5.75 Å². The van der Waals surface area contributed by atoms with Gasteiger partial charge in [0.05, 0.1) is 16.4 Å². The van der Waals surface area contributed by atoms with Gasteiger partial charge in [-0.2, -0.15) is 0 Å². The molecule has 7 nitrogen and oxygen atoms in total. The molecular weight excluding hydrogens is 483 g/mol. The lowest BCUT2D eigenvalue weighted by Crippen LogP contribution is -2.22. The smallest absolute Gasteiger partial charge is 0.255 e. The van der Waals surface area contributed by atoms with Crippen LogP contribution in [0, 0.1) is 26.6 Å². The van der Waals surface area contributed by atoms with Crippen LogP contribution in [-0.4, -0.2) is 24.6 Å². The lowest BCUT2D eigenvalue weighted by atomic mass is 10.1. The van der Waals surface area contributed by atoms with E-state index in [4.69, 9.17) is 16.3 Å². The molecular formula is C27H26ClFN4O3. The first-order chi connectivity index (χ1) is 17.0. The molecule has 0 unspecified atom stereocenters. The van der Waals surface area contributed by atoms with Crippen molar-refractivity contribution >= 4 is 11.6 Å². The molecule has 0 atom stereocenters. The van der Waals surface area contributed by atoms with Gasteiger partial charge in [-0.25, -0.2) is 14.4 Å². The van der Waals surface area contributed by atoms with Crippen molar-refractivity contribution in [1.82, 2.24) is 19.5 Å². The normalized spacial score (nSPS) is 11.6. The number of benzene rings is 1. The van der Waals surface area contributed by atoms with Crippen molar-refractivity contribution in [2.75, 3.05) is 0 Å². The van der Waals surface area contributed by atoms with Crippen molar-refractivity contribution in [1.29, 1.82) is 0 Å². The predicted octanol–water partition coefficient (Wildman–Crippen LogP) is 5.21. The van der Waals surface area contributed by atoms with Gasteiger partial charge in [0.15, 0.2) is 5.82 Å². The van der Waals surface area contributed by atoms with Crippen LogP contribution in [0.1, 0.15) is 42.2 Å². The van der Waals surface area contributed by atoms with E-state index in [2.05, 4.69) is 15.0 Å². The number of ether oxygens (including phenoxy) is 1. The van der Waals surface area contributed by atoms with Gasteiger partial charge in [0.2, 0.25) is 0 Å². The third-order valence-electron chi connectivity index (χ3n) is 5.73. The highest BCUT2D eigenvalue weighted by molar-refractivity contribution is 6.32. The summed E-state index contributed by atoms with van der Waals surface area (Å²) >= 11 is 6.51. The zero-order valence-corrected chi connectivity index (χ0v) is 21.4. The molecule has 0 aliphatic rings. The molecule has 0 spiro atoms. The Bertz CT molecular complexity index is 1510. The fraction of sp³-hybridized carbons (Fsp3) is 0.259. The summed E-state index contributed by atoms with van der Waals surface area (Å²) in [5.41, 5.74) is 2.67. The molecule has 9 heteroatoms. The Morgan fingerprint density at radius 1 is 1.11 bits per heavy atom. The Labute approximate surface area is 213 Å². The highest BCUT2D eigenvalue weighted by Gasteiger charge is 2.21. The average molecular weight is 509 g/mol. The second kappa shape index (κ2) is 9.79. The first kappa shape index (κ1) is 25.5. The predicted molar refractivity (Wildman–Crippen MR) is 136 cm³/mol. The lowest BCUT2D eigenvalue weighted by Gasteiger charge is -2.19. The van der Waals surface area contributed by atoms with Crippen molar-refractivity contribution in [2.24, 2.45) is 0 Å². The number of aliphatic hydroxyl groups is 1. The monoisotopic (exact) mass is 508 g/mol. The summed E-state index contributed by atoms with van der Waals surface area (Å²) in [5.74, 6) is 0.181. The van der Waals surface area contributed by atoms with Gasteiger partial charge < -0.3 is 9.84 Å². The van der Waals surface area contributed by atoms with E-state index < -0.39 is 11.4 Å². The van der Waals surface area contributed by atoms with Crippen molar-refractivity contribution in [3.63, 3.8) is 0 Å². The van der Waals surface area contributed by atoms with Crippen molar-refractivity contribution < 1.29 is 14.2 Å². The maximum absolute atomic E-state index is 14.1. The molecule has 186 valence electrons. The maximum Gasteiger partial charge on any atom is 0.255 e. The number of halogens is 2. The fourth-order valence-electron chi connectivity index (χ4n) is 3.82. The van der Waals surface area contributed by atoms with Crippen molar-refractivity contribution in [3.8, 4) is 22.7 Å². The topological polar surface area (TPSA) is 90.1 Å². The largest absolute Gasteiger partial charge is 0.486 e. The summed E-state index contributed by atoms with van der Waals surface area (Å²) in [5, 5.41) is 10.6. The van der Waals surface area contributed by atoms with Crippen molar-refractivity contribution in [2.45, 2.75) is 46.8 Å². The van der Waals surface area contributed by atoms with Gasteiger partial charge in [0, 0.05) is 29.7 Å². The molecule has 0 fully saturated rings. The Morgan fingerprint density at radius 3 is 2.56 bits per heavy atom. The van der Waals surface area contributed by atoms with Crippen LogP contribution in [0.3, 0.4) is 0 Å². The van der Waals surface area contributed by atoms with Crippen molar-refractivity contribution in [3.05, 3.63) is 98.3 Å². The molecule has 3 heterocycles. The lowest BCUT2D eigenvalue weighted by molar-refractivity contribution is 0.0688. The number of aromatic nitrogens is 4. The number of pyridine rings is 2. The number of nitrogens with zero attached hydrogens (tertiary/aromatic N) is 4. The highest BCUT2D eigenvalue weighted by Crippen LogP contribution is 2.32. The quantitative estimate of drug-likeness (QED) is 0.384. The van der Waals surface area contributed by atoms with E-state index in [0.29, 0.717) is 28.4 Å². The van der Waals surface area contributed by atoms with Crippen LogP contribution in [-0.2, 0) is 12.2 Å². The third-order valence-corrected chi connectivity index (χ3v) is 6.02. The van der Waals surface area contributed by atoms with Crippen LogP contribution in [0.15, 0.2) is 53.6 Å². The van der Waals surface area contributed by atoms with Crippen LogP contribution in [0.4, 0.5) is 4.39 Å². The molecule has 1 aromatic carbocycles. The number of rotatable bonds is 6. The van der Waals surface area contributed by atoms with E-state index in [9.17, 15) is 14.3 Å². The van der Waals surface area contributed by atoms with Gasteiger partial charge in [-0.15, -0.1) is 0 Å². The maximum atomic E-state index is 14.1. The molecule has 0 radical (unpaired) electrons. The Kier molecular flexibility index (Phi) is 6.93. The molecule has 4 rings (SSSR count). The standard InChI is InChI=1S/C27H26ClFN4O3/c1-15-10-20(29)22(31-13-15)14-36-24-11-16(2)23(12-19(24)28)33-17(3)18(6-7-25(33)34)21-8-9-30-26(32-21)27(4,5)35/h6-13,35H,14H2,1-5H3. The van der Waals surface area contributed by atoms with E-state index in [1.54, 1.807) is 62.0 Å². The van der Waals surface area contributed by atoms with Gasteiger partial charge in [-0.05, 0) is 76.1 Å². The van der Waals surface area contributed by atoms with E-state index >= 15 is 0 Å². The molecule has 0 saturated heterocycles. The van der Waals surface area contributed by atoms with E-state index in [1.807, 2.05) is 13.8 Å². The minimum atomic E-state index is -1.21. The van der Waals surface area contributed by atoms with Gasteiger partial charge in [0.1, 0.15) is 29.5 Å². The third kappa shape index (κ3) is 5.15. The fourth-order valence-corrected chi connectivity index (χ4v) is 4.03. The first-order valence-electron chi connectivity index (χ1n) is 11.3. The SMILES string of the molecule is Cc1cnc(COc2cc(C)c(-n3c(C)c(-c4ccnc(C(C)(C)O)n4)ccc3=O)cc2Cl)c(F)c1. The first-order valence-corrected chi connectivity index (χ1v) is 11.7. The Hall–Kier alpha value is -3.62. The summed E-state index contributed by atoms with van der Waals surface area (Å²) in [6.07, 6.45) is 3.15. The molecule has 3 aromatic heterocycles. The van der Waals surface area contributed by atoms with Gasteiger partial charge in [0.25, 0.3) is 5.56 Å². The Balaban J connectivity index is 1.72. The number of aryl methyl sites for hydroxylation is 2. The van der Waals surface area contributed by atoms with E-state index in [0.717, 1.165) is 11.1 Å².